The van der Waals surface area contributed by atoms with Crippen LogP contribution in [0.4, 0.5) is 5.13 Å². The molecule has 1 N–H and O–H groups in total. The molecule has 1 aromatic heterocycles. The number of halogens is 1. The van der Waals surface area contributed by atoms with E-state index in [1.807, 2.05) is 18.2 Å². The Hall–Kier alpha value is -0.800. The van der Waals surface area contributed by atoms with Crippen molar-refractivity contribution in [2.24, 2.45) is 5.92 Å². The zero-order valence-corrected chi connectivity index (χ0v) is 9.74. The van der Waals surface area contributed by atoms with Crippen LogP contribution in [0.15, 0.2) is 18.2 Å². The molecular weight excluding hydrogens is 228 g/mol. The molecule has 0 saturated heterocycles. The summed E-state index contributed by atoms with van der Waals surface area (Å²) in [5, 5.41) is 5.17. The highest BCUT2D eigenvalue weighted by Gasteiger charge is 2.21. The Bertz CT molecular complexity index is 490. The molecular formula is C11H11ClN2S. The maximum absolute atomic E-state index is 5.92. The maximum Gasteiger partial charge on any atom is 0.183 e. The van der Waals surface area contributed by atoms with Gasteiger partial charge in [0.05, 0.1) is 10.2 Å². The van der Waals surface area contributed by atoms with Crippen molar-refractivity contribution < 1.29 is 0 Å². The summed E-state index contributed by atoms with van der Waals surface area (Å²) >= 11 is 7.60. The van der Waals surface area contributed by atoms with Gasteiger partial charge in [-0.1, -0.05) is 22.9 Å². The van der Waals surface area contributed by atoms with Crippen molar-refractivity contribution in [1.82, 2.24) is 4.98 Å². The Morgan fingerprint density at radius 3 is 3.13 bits per heavy atom. The van der Waals surface area contributed by atoms with Crippen molar-refractivity contribution in [2.45, 2.75) is 12.8 Å². The molecule has 3 rings (SSSR count). The number of hydrogen-bond acceptors (Lipinski definition) is 3. The lowest BCUT2D eigenvalue weighted by Gasteiger charge is -1.97. The Morgan fingerprint density at radius 2 is 2.33 bits per heavy atom. The zero-order valence-electron chi connectivity index (χ0n) is 8.16. The van der Waals surface area contributed by atoms with Crippen LogP contribution in [0.2, 0.25) is 5.02 Å². The quantitative estimate of drug-likeness (QED) is 0.881. The third kappa shape index (κ3) is 2.08. The third-order valence-electron chi connectivity index (χ3n) is 2.59. The van der Waals surface area contributed by atoms with Crippen LogP contribution in [0.5, 0.6) is 0 Å². The first-order valence-electron chi connectivity index (χ1n) is 5.11. The summed E-state index contributed by atoms with van der Waals surface area (Å²) in [5.74, 6) is 0.876. The summed E-state index contributed by atoms with van der Waals surface area (Å²) in [6.45, 7) is 1.06. The minimum Gasteiger partial charge on any atom is -0.361 e. The molecule has 0 spiro atoms. The molecule has 78 valence electrons. The minimum atomic E-state index is 0.778. The van der Waals surface area contributed by atoms with Gasteiger partial charge in [0.2, 0.25) is 0 Å². The number of hydrogen-bond donors (Lipinski definition) is 1. The number of aromatic nitrogens is 1. The van der Waals surface area contributed by atoms with Gasteiger partial charge in [0, 0.05) is 11.6 Å². The average Bonchev–Trinajstić information content (AvgIpc) is 2.95. The van der Waals surface area contributed by atoms with E-state index in [2.05, 4.69) is 10.3 Å². The third-order valence-corrected chi connectivity index (χ3v) is 3.80. The fourth-order valence-electron chi connectivity index (χ4n) is 1.53. The Balaban J connectivity index is 1.84. The van der Waals surface area contributed by atoms with E-state index < -0.39 is 0 Å². The molecule has 1 aromatic carbocycles. The first kappa shape index (κ1) is 9.43. The summed E-state index contributed by atoms with van der Waals surface area (Å²) in [5.41, 5.74) is 1.03. The molecule has 1 heterocycles. The van der Waals surface area contributed by atoms with Gasteiger partial charge in [-0.2, -0.15) is 0 Å². The van der Waals surface area contributed by atoms with E-state index >= 15 is 0 Å². The molecule has 0 amide bonds. The van der Waals surface area contributed by atoms with Crippen molar-refractivity contribution in [3.05, 3.63) is 23.2 Å². The first-order valence-corrected chi connectivity index (χ1v) is 6.31. The summed E-state index contributed by atoms with van der Waals surface area (Å²) in [6.07, 6.45) is 2.73. The predicted octanol–water partition coefficient (Wildman–Crippen LogP) is 3.77. The molecule has 1 saturated carbocycles. The summed E-state index contributed by atoms with van der Waals surface area (Å²) < 4.78 is 1.15. The molecule has 0 atom stereocenters. The van der Waals surface area contributed by atoms with E-state index in [1.165, 1.54) is 12.8 Å². The largest absolute Gasteiger partial charge is 0.361 e. The topological polar surface area (TPSA) is 24.9 Å². The van der Waals surface area contributed by atoms with Crippen molar-refractivity contribution in [2.75, 3.05) is 11.9 Å². The number of anilines is 1. The SMILES string of the molecule is Clc1ccc2nc(NCC3CC3)sc2c1. The van der Waals surface area contributed by atoms with E-state index in [0.717, 1.165) is 32.8 Å². The highest BCUT2D eigenvalue weighted by molar-refractivity contribution is 7.22. The number of nitrogens with zero attached hydrogens (tertiary/aromatic N) is 1. The molecule has 0 unspecified atom stereocenters. The van der Waals surface area contributed by atoms with Crippen LogP contribution in [0, 0.1) is 5.92 Å². The Kier molecular flexibility index (Phi) is 2.29. The molecule has 0 bridgehead atoms. The molecule has 4 heteroatoms. The number of nitrogens with one attached hydrogen (secondary N) is 1. The summed E-state index contributed by atoms with van der Waals surface area (Å²) in [4.78, 5) is 4.50. The second-order valence-electron chi connectivity index (χ2n) is 3.96. The fraction of sp³-hybridized carbons (Fsp3) is 0.364. The van der Waals surface area contributed by atoms with Crippen LogP contribution in [0.25, 0.3) is 10.2 Å². The van der Waals surface area contributed by atoms with Crippen molar-refractivity contribution in [3.8, 4) is 0 Å². The Labute approximate surface area is 97.3 Å². The van der Waals surface area contributed by atoms with Gasteiger partial charge in [-0.05, 0) is 37.0 Å². The molecule has 0 aliphatic heterocycles. The first-order chi connectivity index (χ1) is 7.31. The van der Waals surface area contributed by atoms with E-state index in [1.54, 1.807) is 11.3 Å². The van der Waals surface area contributed by atoms with E-state index in [4.69, 9.17) is 11.6 Å². The van der Waals surface area contributed by atoms with Gasteiger partial charge in [-0.25, -0.2) is 4.98 Å². The second kappa shape index (κ2) is 3.65. The van der Waals surface area contributed by atoms with Gasteiger partial charge in [0.15, 0.2) is 5.13 Å². The fourth-order valence-corrected chi connectivity index (χ4v) is 2.68. The van der Waals surface area contributed by atoms with Gasteiger partial charge in [0.25, 0.3) is 0 Å². The Morgan fingerprint density at radius 1 is 1.47 bits per heavy atom. The van der Waals surface area contributed by atoms with Crippen molar-refractivity contribution in [3.63, 3.8) is 0 Å². The van der Waals surface area contributed by atoms with E-state index in [-0.39, 0.29) is 0 Å². The van der Waals surface area contributed by atoms with Crippen LogP contribution < -0.4 is 5.32 Å². The lowest BCUT2D eigenvalue weighted by molar-refractivity contribution is 0.888. The number of fused-ring (bicyclic) bond motifs is 1. The average molecular weight is 239 g/mol. The number of rotatable bonds is 3. The summed E-state index contributed by atoms with van der Waals surface area (Å²) in [7, 11) is 0. The molecule has 1 aliphatic carbocycles. The van der Waals surface area contributed by atoms with Crippen LogP contribution in [0.3, 0.4) is 0 Å². The van der Waals surface area contributed by atoms with Crippen molar-refractivity contribution in [1.29, 1.82) is 0 Å². The minimum absolute atomic E-state index is 0.778. The predicted molar refractivity (Wildman–Crippen MR) is 65.8 cm³/mol. The van der Waals surface area contributed by atoms with Crippen LogP contribution >= 0.6 is 22.9 Å². The molecule has 2 aromatic rings. The maximum atomic E-state index is 5.92. The zero-order chi connectivity index (χ0) is 10.3. The standard InChI is InChI=1S/C11H11ClN2S/c12-8-3-4-9-10(5-8)15-11(14-9)13-6-7-1-2-7/h3-5,7H,1-2,6H2,(H,13,14). The normalized spacial score (nSPS) is 15.8. The van der Waals surface area contributed by atoms with Gasteiger partial charge < -0.3 is 5.32 Å². The second-order valence-corrected chi connectivity index (χ2v) is 5.42. The van der Waals surface area contributed by atoms with Gasteiger partial charge in [0.1, 0.15) is 0 Å². The van der Waals surface area contributed by atoms with Gasteiger partial charge >= 0.3 is 0 Å². The van der Waals surface area contributed by atoms with Crippen LogP contribution in [-0.2, 0) is 0 Å². The van der Waals surface area contributed by atoms with Gasteiger partial charge in [-0.3, -0.25) is 0 Å². The van der Waals surface area contributed by atoms with E-state index in [0.29, 0.717) is 0 Å². The number of thiazole rings is 1. The lowest BCUT2D eigenvalue weighted by Crippen LogP contribution is -2.01. The van der Waals surface area contributed by atoms with Crippen molar-refractivity contribution >= 4 is 38.3 Å². The highest BCUT2D eigenvalue weighted by atomic mass is 35.5. The summed E-state index contributed by atoms with van der Waals surface area (Å²) in [6, 6.07) is 5.82. The van der Waals surface area contributed by atoms with Crippen LogP contribution in [-0.4, -0.2) is 11.5 Å². The monoisotopic (exact) mass is 238 g/mol. The highest BCUT2D eigenvalue weighted by Crippen LogP contribution is 2.31. The van der Waals surface area contributed by atoms with Crippen LogP contribution in [0.1, 0.15) is 12.8 Å². The molecule has 1 fully saturated rings. The van der Waals surface area contributed by atoms with E-state index in [9.17, 15) is 0 Å². The number of benzene rings is 1. The molecule has 2 nitrogen and oxygen atoms in total. The molecule has 1 aliphatic rings. The molecule has 0 radical (unpaired) electrons. The lowest BCUT2D eigenvalue weighted by atomic mass is 10.3. The smallest absolute Gasteiger partial charge is 0.183 e. The molecule has 15 heavy (non-hydrogen) atoms. The van der Waals surface area contributed by atoms with Gasteiger partial charge in [-0.15, -0.1) is 0 Å².